The first-order valence-corrected chi connectivity index (χ1v) is 5.44. The summed E-state index contributed by atoms with van der Waals surface area (Å²) >= 11 is 0. The fourth-order valence-electron chi connectivity index (χ4n) is 2.08. The molecule has 1 atom stereocenters. The second kappa shape index (κ2) is 4.47. The fourth-order valence-corrected chi connectivity index (χ4v) is 2.08. The van der Waals surface area contributed by atoms with Gasteiger partial charge in [-0.15, -0.1) is 0 Å². The highest BCUT2D eigenvalue weighted by molar-refractivity contribution is 5.71. The van der Waals surface area contributed by atoms with E-state index in [2.05, 4.69) is 9.97 Å². The molecule has 16 heavy (non-hydrogen) atoms. The minimum Gasteiger partial charge on any atom is -0.481 e. The molecule has 0 amide bonds. The van der Waals surface area contributed by atoms with E-state index in [0.29, 0.717) is 6.54 Å². The zero-order valence-corrected chi connectivity index (χ0v) is 9.26. The Labute approximate surface area is 94.1 Å². The standard InChI is InChI=1S/C11H15N3O2/c1-8-10(13-5-4-12-8)14-6-2-3-9(7-14)11(15)16/h4-5,9H,2-3,6-7H2,1H3,(H,15,16)/t9-/m1/s1. The van der Waals surface area contributed by atoms with Crippen LogP contribution in [0.3, 0.4) is 0 Å². The molecule has 5 nitrogen and oxygen atoms in total. The predicted octanol–water partition coefficient (Wildman–Crippen LogP) is 1.09. The normalized spacial score (nSPS) is 20.8. The Kier molecular flexibility index (Phi) is 3.03. The molecule has 1 N–H and O–H groups in total. The predicted molar refractivity (Wildman–Crippen MR) is 59.3 cm³/mol. The Morgan fingerprint density at radius 2 is 2.25 bits per heavy atom. The molecular weight excluding hydrogens is 206 g/mol. The van der Waals surface area contributed by atoms with Crippen molar-refractivity contribution >= 4 is 11.8 Å². The molecule has 0 aromatic carbocycles. The summed E-state index contributed by atoms with van der Waals surface area (Å²) in [5.41, 5.74) is 0.855. The Morgan fingerprint density at radius 1 is 1.50 bits per heavy atom. The summed E-state index contributed by atoms with van der Waals surface area (Å²) in [6.45, 7) is 3.30. The van der Waals surface area contributed by atoms with Gasteiger partial charge in [0.05, 0.1) is 11.6 Å². The molecule has 1 aliphatic rings. The van der Waals surface area contributed by atoms with Crippen molar-refractivity contribution < 1.29 is 9.90 Å². The van der Waals surface area contributed by atoms with E-state index in [1.54, 1.807) is 12.4 Å². The average Bonchev–Trinajstić information content (AvgIpc) is 2.30. The van der Waals surface area contributed by atoms with E-state index in [1.165, 1.54) is 0 Å². The van der Waals surface area contributed by atoms with Crippen molar-refractivity contribution in [2.45, 2.75) is 19.8 Å². The Bertz CT molecular complexity index is 395. The van der Waals surface area contributed by atoms with Crippen molar-refractivity contribution in [3.05, 3.63) is 18.1 Å². The van der Waals surface area contributed by atoms with Crippen LogP contribution in [0.15, 0.2) is 12.4 Å². The lowest BCUT2D eigenvalue weighted by Gasteiger charge is -2.32. The lowest BCUT2D eigenvalue weighted by molar-refractivity contribution is -0.141. The zero-order valence-electron chi connectivity index (χ0n) is 9.26. The van der Waals surface area contributed by atoms with E-state index >= 15 is 0 Å². The number of nitrogens with zero attached hydrogens (tertiary/aromatic N) is 3. The molecule has 1 aromatic heterocycles. The summed E-state index contributed by atoms with van der Waals surface area (Å²) in [7, 11) is 0. The lowest BCUT2D eigenvalue weighted by atomic mass is 9.98. The van der Waals surface area contributed by atoms with Crippen molar-refractivity contribution in [3.63, 3.8) is 0 Å². The highest BCUT2D eigenvalue weighted by Gasteiger charge is 2.26. The third-order valence-electron chi connectivity index (χ3n) is 2.93. The van der Waals surface area contributed by atoms with Crippen molar-refractivity contribution in [2.24, 2.45) is 5.92 Å². The summed E-state index contributed by atoms with van der Waals surface area (Å²) < 4.78 is 0. The molecule has 1 fully saturated rings. The maximum Gasteiger partial charge on any atom is 0.308 e. The van der Waals surface area contributed by atoms with Crippen LogP contribution in [0, 0.1) is 12.8 Å². The van der Waals surface area contributed by atoms with Gasteiger partial charge in [0.15, 0.2) is 0 Å². The molecule has 86 valence electrons. The van der Waals surface area contributed by atoms with Crippen LogP contribution in [0.5, 0.6) is 0 Å². The molecule has 1 saturated heterocycles. The van der Waals surface area contributed by atoms with Crippen molar-refractivity contribution in [1.29, 1.82) is 0 Å². The molecule has 0 spiro atoms. The number of carboxylic acids is 1. The molecule has 5 heteroatoms. The molecule has 0 saturated carbocycles. The van der Waals surface area contributed by atoms with Gasteiger partial charge in [0.1, 0.15) is 5.82 Å². The van der Waals surface area contributed by atoms with Crippen LogP contribution in [0.2, 0.25) is 0 Å². The first-order valence-electron chi connectivity index (χ1n) is 5.44. The molecule has 1 aromatic rings. The number of carboxylic acid groups (broad SMARTS) is 1. The number of aliphatic carboxylic acids is 1. The van der Waals surface area contributed by atoms with Crippen LogP contribution in [0.4, 0.5) is 5.82 Å². The molecule has 1 aliphatic heterocycles. The van der Waals surface area contributed by atoms with Crippen molar-refractivity contribution in [1.82, 2.24) is 9.97 Å². The van der Waals surface area contributed by atoms with Gasteiger partial charge in [-0.1, -0.05) is 0 Å². The molecular formula is C11H15N3O2. The summed E-state index contributed by atoms with van der Waals surface area (Å²) in [6.07, 6.45) is 4.95. The lowest BCUT2D eigenvalue weighted by Crippen LogP contribution is -2.39. The SMILES string of the molecule is Cc1nccnc1N1CCC[C@@H](C(=O)O)C1. The van der Waals surface area contributed by atoms with Gasteiger partial charge in [-0.25, -0.2) is 4.98 Å². The second-order valence-corrected chi connectivity index (χ2v) is 4.09. The first-order chi connectivity index (χ1) is 7.68. The number of anilines is 1. The van der Waals surface area contributed by atoms with Crippen LogP contribution in [-0.2, 0) is 4.79 Å². The van der Waals surface area contributed by atoms with Gasteiger partial charge in [0, 0.05) is 25.5 Å². The number of rotatable bonds is 2. The highest BCUT2D eigenvalue weighted by Crippen LogP contribution is 2.22. The molecule has 2 heterocycles. The van der Waals surface area contributed by atoms with Gasteiger partial charge >= 0.3 is 5.97 Å². The third-order valence-corrected chi connectivity index (χ3v) is 2.93. The smallest absolute Gasteiger partial charge is 0.308 e. The molecule has 0 bridgehead atoms. The van der Waals surface area contributed by atoms with Crippen LogP contribution in [-0.4, -0.2) is 34.1 Å². The van der Waals surface area contributed by atoms with Crippen molar-refractivity contribution in [2.75, 3.05) is 18.0 Å². The first kappa shape index (κ1) is 10.9. The Balaban J connectivity index is 2.16. The molecule has 0 unspecified atom stereocenters. The third kappa shape index (κ3) is 2.13. The summed E-state index contributed by atoms with van der Waals surface area (Å²) in [5.74, 6) is -0.185. The minimum atomic E-state index is -0.716. The van der Waals surface area contributed by atoms with E-state index < -0.39 is 5.97 Å². The number of aromatic nitrogens is 2. The topological polar surface area (TPSA) is 66.3 Å². The van der Waals surface area contributed by atoms with Gasteiger partial charge < -0.3 is 10.0 Å². The maximum atomic E-state index is 11.0. The minimum absolute atomic E-state index is 0.282. The fraction of sp³-hybridized carbons (Fsp3) is 0.545. The number of piperidine rings is 1. The Morgan fingerprint density at radius 3 is 2.94 bits per heavy atom. The molecule has 0 radical (unpaired) electrons. The maximum absolute atomic E-state index is 11.0. The van der Waals surface area contributed by atoms with Gasteiger partial charge in [-0.3, -0.25) is 9.78 Å². The second-order valence-electron chi connectivity index (χ2n) is 4.09. The quantitative estimate of drug-likeness (QED) is 0.809. The van der Waals surface area contributed by atoms with E-state index in [9.17, 15) is 4.79 Å². The van der Waals surface area contributed by atoms with Crippen molar-refractivity contribution in [3.8, 4) is 0 Å². The number of carbonyl (C=O) groups is 1. The summed E-state index contributed by atoms with van der Waals surface area (Å²) in [5, 5.41) is 9.01. The monoisotopic (exact) mass is 221 g/mol. The van der Waals surface area contributed by atoms with Crippen LogP contribution in [0.25, 0.3) is 0 Å². The van der Waals surface area contributed by atoms with E-state index in [1.807, 2.05) is 11.8 Å². The van der Waals surface area contributed by atoms with E-state index in [4.69, 9.17) is 5.11 Å². The Hall–Kier alpha value is -1.65. The summed E-state index contributed by atoms with van der Waals surface area (Å²) in [6, 6.07) is 0. The molecule has 0 aliphatic carbocycles. The number of aryl methyl sites for hydroxylation is 1. The zero-order chi connectivity index (χ0) is 11.5. The van der Waals surface area contributed by atoms with Gasteiger partial charge in [-0.05, 0) is 19.8 Å². The van der Waals surface area contributed by atoms with Crippen LogP contribution < -0.4 is 4.90 Å². The van der Waals surface area contributed by atoms with Gasteiger partial charge in [0.25, 0.3) is 0 Å². The average molecular weight is 221 g/mol. The van der Waals surface area contributed by atoms with E-state index in [-0.39, 0.29) is 5.92 Å². The number of hydrogen-bond donors (Lipinski definition) is 1. The number of hydrogen-bond acceptors (Lipinski definition) is 4. The van der Waals surface area contributed by atoms with Gasteiger partial charge in [-0.2, -0.15) is 0 Å². The summed E-state index contributed by atoms with van der Waals surface area (Å²) in [4.78, 5) is 21.4. The van der Waals surface area contributed by atoms with E-state index in [0.717, 1.165) is 30.9 Å². The largest absolute Gasteiger partial charge is 0.481 e. The van der Waals surface area contributed by atoms with Gasteiger partial charge in [0.2, 0.25) is 0 Å². The van der Waals surface area contributed by atoms with Crippen LogP contribution in [0.1, 0.15) is 18.5 Å². The van der Waals surface area contributed by atoms with Crippen LogP contribution >= 0.6 is 0 Å². The molecule has 2 rings (SSSR count). The highest BCUT2D eigenvalue weighted by atomic mass is 16.4.